The average molecular weight is 618 g/mol. The number of hydrogen-bond acceptors (Lipinski definition) is 6. The minimum absolute atomic E-state index is 0.00421. The number of carbonyl (C=O) groups is 1. The van der Waals surface area contributed by atoms with Crippen LogP contribution in [0.25, 0.3) is 5.57 Å². The molecule has 1 amide bonds. The number of hydrogen-bond donors (Lipinski definition) is 2. The summed E-state index contributed by atoms with van der Waals surface area (Å²) in [5, 5.41) is 10.2. The Morgan fingerprint density at radius 1 is 1.19 bits per heavy atom. The number of aromatic nitrogens is 2. The number of piperazine rings is 1. The first-order valence-corrected chi connectivity index (χ1v) is 15.3. The van der Waals surface area contributed by atoms with Gasteiger partial charge in [0, 0.05) is 62.7 Å². The van der Waals surface area contributed by atoms with E-state index in [9.17, 15) is 9.90 Å². The molecule has 1 aliphatic heterocycles. The summed E-state index contributed by atoms with van der Waals surface area (Å²) in [5.41, 5.74) is 9.65. The molecule has 0 spiro atoms. The molecular formula is C34H56ClN5O3. The summed E-state index contributed by atoms with van der Waals surface area (Å²) in [7, 11) is 4.02. The van der Waals surface area contributed by atoms with Crippen LogP contribution in [0, 0.1) is 0 Å². The number of aliphatic hydroxyl groups excluding tert-OH is 1. The SMILES string of the molecule is C=C(C)CCc1ccc(Cl)cc1C(=C)C(CCO)c1cncn1C.C=CN.CC.CN1CCN(C(=O)OC(C)(C)C)CC1. The molecule has 1 atom stereocenters. The minimum atomic E-state index is -0.388. The van der Waals surface area contributed by atoms with Crippen LogP contribution < -0.4 is 5.73 Å². The third kappa shape index (κ3) is 15.3. The first-order chi connectivity index (χ1) is 20.2. The van der Waals surface area contributed by atoms with Crippen molar-refractivity contribution < 1.29 is 14.6 Å². The van der Waals surface area contributed by atoms with Gasteiger partial charge < -0.3 is 29.9 Å². The lowest BCUT2D eigenvalue weighted by Crippen LogP contribution is -2.48. The fourth-order valence-corrected chi connectivity index (χ4v) is 4.42. The van der Waals surface area contributed by atoms with E-state index in [1.807, 2.05) is 71.5 Å². The van der Waals surface area contributed by atoms with E-state index < -0.39 is 0 Å². The Morgan fingerprint density at radius 3 is 2.23 bits per heavy atom. The second-order valence-electron chi connectivity index (χ2n) is 11.3. The average Bonchev–Trinajstić information content (AvgIpc) is 3.37. The van der Waals surface area contributed by atoms with Gasteiger partial charge in [-0.25, -0.2) is 9.78 Å². The minimum Gasteiger partial charge on any atom is -0.444 e. The summed E-state index contributed by atoms with van der Waals surface area (Å²) in [4.78, 5) is 19.8. The number of halogens is 1. The Bertz CT molecular complexity index is 1130. The first kappa shape index (κ1) is 39.9. The highest BCUT2D eigenvalue weighted by Crippen LogP contribution is 2.36. The monoisotopic (exact) mass is 617 g/mol. The largest absolute Gasteiger partial charge is 0.444 e. The Hall–Kier alpha value is -3.07. The zero-order valence-corrected chi connectivity index (χ0v) is 28.6. The molecule has 1 saturated heterocycles. The number of likely N-dealkylation sites (N-methyl/N-ethyl adjacent to an activating group) is 1. The lowest BCUT2D eigenvalue weighted by atomic mass is 9.85. The number of carbonyl (C=O) groups excluding carboxylic acids is 1. The standard InChI is InChI=1S/C20H25ClN2O.C10H20N2O2.C2H5N.C2H6/c1-14(2)5-6-16-7-8-17(21)11-19(16)15(3)18(9-10-24)20-12-22-13-23(20)4;1-10(2,3)14-9(13)12-7-5-11(4)6-8-12;1-2-3;1-2/h7-8,11-13,18,24H,1,3,5-6,9-10H2,2,4H3;5-8H2,1-4H3;2H,1,3H2;1-2H3. The number of amides is 1. The Balaban J connectivity index is 0.000000787. The number of nitrogens with two attached hydrogens (primary N) is 1. The fourth-order valence-electron chi connectivity index (χ4n) is 4.25. The van der Waals surface area contributed by atoms with Crippen LogP contribution in [-0.2, 0) is 18.2 Å². The normalized spacial score (nSPS) is 13.6. The molecule has 1 fully saturated rings. The van der Waals surface area contributed by atoms with Gasteiger partial charge in [0.25, 0.3) is 0 Å². The molecule has 2 aromatic rings. The molecule has 0 saturated carbocycles. The molecule has 3 N–H and O–H groups in total. The van der Waals surface area contributed by atoms with Crippen molar-refractivity contribution in [3.05, 3.63) is 84.1 Å². The molecule has 1 aliphatic rings. The Kier molecular flexibility index (Phi) is 19.3. The quantitative estimate of drug-likeness (QED) is 0.308. The molecule has 43 heavy (non-hydrogen) atoms. The van der Waals surface area contributed by atoms with Crippen molar-refractivity contribution in [1.29, 1.82) is 0 Å². The smallest absolute Gasteiger partial charge is 0.410 e. The van der Waals surface area contributed by atoms with Gasteiger partial charge >= 0.3 is 6.09 Å². The molecule has 0 aliphatic carbocycles. The van der Waals surface area contributed by atoms with Crippen LogP contribution in [0.1, 0.15) is 77.1 Å². The van der Waals surface area contributed by atoms with E-state index in [-0.39, 0.29) is 24.2 Å². The van der Waals surface area contributed by atoms with Gasteiger partial charge in [-0.05, 0) is 89.0 Å². The maximum absolute atomic E-state index is 11.6. The van der Waals surface area contributed by atoms with Crippen LogP contribution >= 0.6 is 11.6 Å². The van der Waals surface area contributed by atoms with Gasteiger partial charge in [0.05, 0.1) is 6.33 Å². The molecule has 0 bridgehead atoms. The predicted molar refractivity (Wildman–Crippen MR) is 182 cm³/mol. The predicted octanol–water partition coefficient (Wildman–Crippen LogP) is 7.05. The van der Waals surface area contributed by atoms with Crippen molar-refractivity contribution in [2.75, 3.05) is 39.8 Å². The molecular weight excluding hydrogens is 562 g/mol. The van der Waals surface area contributed by atoms with Gasteiger partial charge in [-0.3, -0.25) is 0 Å². The van der Waals surface area contributed by atoms with E-state index in [0.29, 0.717) is 11.4 Å². The van der Waals surface area contributed by atoms with Crippen LogP contribution in [0.5, 0.6) is 0 Å². The topological polar surface area (TPSA) is 96.9 Å². The van der Waals surface area contributed by atoms with Crippen molar-refractivity contribution in [1.82, 2.24) is 19.4 Å². The number of benzene rings is 1. The van der Waals surface area contributed by atoms with Crippen molar-refractivity contribution in [2.45, 2.75) is 72.3 Å². The molecule has 0 radical (unpaired) electrons. The highest BCUT2D eigenvalue weighted by molar-refractivity contribution is 6.30. The van der Waals surface area contributed by atoms with Gasteiger partial charge in [0.15, 0.2) is 0 Å². The summed E-state index contributed by atoms with van der Waals surface area (Å²) in [6.45, 7) is 26.7. The Morgan fingerprint density at radius 2 is 1.77 bits per heavy atom. The maximum Gasteiger partial charge on any atom is 0.410 e. The van der Waals surface area contributed by atoms with Gasteiger partial charge in [-0.15, -0.1) is 6.58 Å². The summed E-state index contributed by atoms with van der Waals surface area (Å²) in [5.74, 6) is 0.00421. The Labute approximate surface area is 265 Å². The second-order valence-corrected chi connectivity index (χ2v) is 11.7. The van der Waals surface area contributed by atoms with Crippen molar-refractivity contribution >= 4 is 23.3 Å². The van der Waals surface area contributed by atoms with E-state index in [0.717, 1.165) is 61.4 Å². The summed E-state index contributed by atoms with van der Waals surface area (Å²) in [6.07, 6.45) is 7.10. The van der Waals surface area contributed by atoms with Crippen LogP contribution in [0.3, 0.4) is 0 Å². The number of allylic oxidation sites excluding steroid dienone is 2. The third-order valence-corrected chi connectivity index (χ3v) is 6.68. The molecule has 1 aromatic carbocycles. The number of aryl methyl sites for hydroxylation is 2. The van der Waals surface area contributed by atoms with Crippen molar-refractivity contribution in [3.8, 4) is 0 Å². The molecule has 242 valence electrons. The van der Waals surface area contributed by atoms with Crippen LogP contribution in [0.4, 0.5) is 4.79 Å². The van der Waals surface area contributed by atoms with Gasteiger partial charge in [0.2, 0.25) is 0 Å². The maximum atomic E-state index is 11.6. The van der Waals surface area contributed by atoms with Gasteiger partial charge in [-0.2, -0.15) is 0 Å². The van der Waals surface area contributed by atoms with Crippen LogP contribution in [-0.4, -0.2) is 76.0 Å². The van der Waals surface area contributed by atoms with E-state index in [2.05, 4.69) is 48.5 Å². The summed E-state index contributed by atoms with van der Waals surface area (Å²) < 4.78 is 7.26. The van der Waals surface area contributed by atoms with Crippen molar-refractivity contribution in [2.24, 2.45) is 12.8 Å². The molecule has 1 aromatic heterocycles. The highest BCUT2D eigenvalue weighted by atomic mass is 35.5. The first-order valence-electron chi connectivity index (χ1n) is 14.9. The van der Waals surface area contributed by atoms with E-state index in [1.54, 1.807) is 11.2 Å². The molecule has 1 unspecified atom stereocenters. The summed E-state index contributed by atoms with van der Waals surface area (Å²) in [6, 6.07) is 5.95. The van der Waals surface area contributed by atoms with Gasteiger partial charge in [0.1, 0.15) is 5.60 Å². The van der Waals surface area contributed by atoms with Crippen LogP contribution in [0.2, 0.25) is 5.02 Å². The zero-order valence-electron chi connectivity index (χ0n) is 27.8. The van der Waals surface area contributed by atoms with E-state index in [4.69, 9.17) is 16.3 Å². The van der Waals surface area contributed by atoms with E-state index in [1.165, 1.54) is 11.8 Å². The highest BCUT2D eigenvalue weighted by Gasteiger charge is 2.24. The number of imidazole rings is 1. The number of ether oxygens (including phenoxy) is 1. The molecule has 8 nitrogen and oxygen atoms in total. The second kappa shape index (κ2) is 20.8. The molecule has 3 rings (SSSR count). The summed E-state index contributed by atoms with van der Waals surface area (Å²) >= 11 is 6.24. The van der Waals surface area contributed by atoms with E-state index >= 15 is 0 Å². The van der Waals surface area contributed by atoms with Crippen LogP contribution in [0.15, 0.2) is 62.2 Å². The van der Waals surface area contributed by atoms with Gasteiger partial charge in [-0.1, -0.05) is 50.2 Å². The molecule has 9 heteroatoms. The molecule has 2 heterocycles. The fraction of sp³-hybridized carbons (Fsp3) is 0.529. The number of aliphatic hydroxyl groups is 1. The lowest BCUT2D eigenvalue weighted by molar-refractivity contribution is 0.0164. The number of rotatable bonds is 8. The zero-order chi connectivity index (χ0) is 33.2. The third-order valence-electron chi connectivity index (χ3n) is 6.44. The number of nitrogens with zero attached hydrogens (tertiary/aromatic N) is 4. The lowest BCUT2D eigenvalue weighted by Gasteiger charge is -2.33. The van der Waals surface area contributed by atoms with Crippen molar-refractivity contribution in [3.63, 3.8) is 0 Å².